The molecule has 0 bridgehead atoms. The highest BCUT2D eigenvalue weighted by molar-refractivity contribution is 8.19. The van der Waals surface area contributed by atoms with Gasteiger partial charge in [-0.25, -0.2) is 4.99 Å². The van der Waals surface area contributed by atoms with Gasteiger partial charge in [-0.2, -0.15) is 0 Å². The number of aliphatic imine (C=N–C) groups is 1. The van der Waals surface area contributed by atoms with Gasteiger partial charge in [0.2, 0.25) is 5.75 Å². The predicted molar refractivity (Wildman–Crippen MR) is 138 cm³/mol. The second-order valence-corrected chi connectivity index (χ2v) is 8.90. The Hall–Kier alpha value is -4.11. The van der Waals surface area contributed by atoms with E-state index < -0.39 is 16.4 Å². The normalized spacial score (nSPS) is 15.7. The number of phenols is 1. The number of hydrogen-bond donors (Lipinski definition) is 1. The molecule has 0 saturated carbocycles. The van der Waals surface area contributed by atoms with Crippen LogP contribution in [0.15, 0.2) is 70.6 Å². The van der Waals surface area contributed by atoms with Crippen molar-refractivity contribution in [3.63, 3.8) is 0 Å². The number of anilines is 1. The molecule has 3 aromatic rings. The molecule has 3 aromatic carbocycles. The van der Waals surface area contributed by atoms with Gasteiger partial charge in [-0.15, -0.1) is 0 Å². The smallest absolute Gasteiger partial charge is 0.315 e. The highest BCUT2D eigenvalue weighted by Crippen LogP contribution is 2.41. The molecule has 1 N–H and O–H groups in total. The molecule has 35 heavy (non-hydrogen) atoms. The third-order valence-electron chi connectivity index (χ3n) is 5.23. The first-order valence-electron chi connectivity index (χ1n) is 10.9. The minimum absolute atomic E-state index is 0.0204. The van der Waals surface area contributed by atoms with Crippen molar-refractivity contribution in [3.05, 3.63) is 92.4 Å². The van der Waals surface area contributed by atoms with Gasteiger partial charge in [0.05, 0.1) is 27.8 Å². The zero-order valence-corrected chi connectivity index (χ0v) is 20.2. The molecule has 1 amide bonds. The van der Waals surface area contributed by atoms with E-state index in [0.29, 0.717) is 27.0 Å². The van der Waals surface area contributed by atoms with Crippen LogP contribution in [-0.2, 0) is 4.79 Å². The van der Waals surface area contributed by atoms with Crippen LogP contribution in [0.3, 0.4) is 0 Å². The second-order valence-electron chi connectivity index (χ2n) is 7.89. The van der Waals surface area contributed by atoms with Crippen molar-refractivity contribution >= 4 is 46.0 Å². The van der Waals surface area contributed by atoms with E-state index in [1.807, 2.05) is 62.4 Å². The van der Waals surface area contributed by atoms with Gasteiger partial charge >= 0.3 is 5.69 Å². The summed E-state index contributed by atoms with van der Waals surface area (Å²) < 4.78 is 5.36. The summed E-state index contributed by atoms with van der Waals surface area (Å²) in [4.78, 5) is 30.8. The number of carbonyl (C=O) groups is 1. The maximum atomic E-state index is 13.5. The fourth-order valence-electron chi connectivity index (χ4n) is 3.45. The number of benzene rings is 3. The molecular formula is C26H23N3O5S. The minimum atomic E-state index is -0.688. The van der Waals surface area contributed by atoms with Gasteiger partial charge in [-0.3, -0.25) is 19.8 Å². The summed E-state index contributed by atoms with van der Waals surface area (Å²) in [6.45, 7) is 5.87. The van der Waals surface area contributed by atoms with Gasteiger partial charge in [-0.1, -0.05) is 35.4 Å². The number of rotatable bonds is 6. The van der Waals surface area contributed by atoms with Gasteiger partial charge in [-0.05, 0) is 74.5 Å². The number of thioether (sulfide) groups is 1. The summed E-state index contributed by atoms with van der Waals surface area (Å²) in [5.74, 6) is -0.876. The Kier molecular flexibility index (Phi) is 6.88. The van der Waals surface area contributed by atoms with Crippen LogP contribution in [0, 0.1) is 24.0 Å². The van der Waals surface area contributed by atoms with Gasteiger partial charge in [0, 0.05) is 6.07 Å². The van der Waals surface area contributed by atoms with E-state index in [1.54, 1.807) is 13.0 Å². The number of nitro benzene ring substituents is 1. The molecule has 0 spiro atoms. The van der Waals surface area contributed by atoms with Crippen LogP contribution in [0.2, 0.25) is 0 Å². The first-order valence-corrected chi connectivity index (χ1v) is 11.7. The van der Waals surface area contributed by atoms with E-state index in [1.165, 1.54) is 28.8 Å². The molecule has 0 aromatic heterocycles. The number of ether oxygens (including phenoxy) is 1. The Labute approximate surface area is 206 Å². The molecule has 178 valence electrons. The largest absolute Gasteiger partial charge is 0.500 e. The first-order chi connectivity index (χ1) is 16.8. The van der Waals surface area contributed by atoms with Gasteiger partial charge in [0.1, 0.15) is 0 Å². The van der Waals surface area contributed by atoms with Gasteiger partial charge < -0.3 is 9.84 Å². The van der Waals surface area contributed by atoms with Crippen molar-refractivity contribution in [1.82, 2.24) is 0 Å². The number of amidine groups is 1. The van der Waals surface area contributed by atoms with Crippen molar-refractivity contribution in [2.45, 2.75) is 20.8 Å². The molecule has 1 saturated heterocycles. The van der Waals surface area contributed by atoms with Crippen LogP contribution in [-0.4, -0.2) is 27.7 Å². The average molecular weight is 490 g/mol. The van der Waals surface area contributed by atoms with E-state index in [2.05, 4.69) is 0 Å². The molecule has 9 heteroatoms. The zero-order chi connectivity index (χ0) is 25.1. The lowest BCUT2D eigenvalue weighted by Crippen LogP contribution is -2.28. The summed E-state index contributed by atoms with van der Waals surface area (Å²) in [6.07, 6.45) is 1.54. The molecule has 4 rings (SSSR count). The summed E-state index contributed by atoms with van der Waals surface area (Å²) in [5, 5.41) is 22.1. The van der Waals surface area contributed by atoms with Crippen molar-refractivity contribution in [1.29, 1.82) is 0 Å². The topological polar surface area (TPSA) is 105 Å². The van der Waals surface area contributed by atoms with Crippen LogP contribution in [0.25, 0.3) is 6.08 Å². The third-order valence-corrected chi connectivity index (χ3v) is 6.20. The minimum Gasteiger partial charge on any atom is -0.500 e. The summed E-state index contributed by atoms with van der Waals surface area (Å²) in [5.41, 5.74) is 3.37. The molecule has 1 aliphatic heterocycles. The Morgan fingerprint density at radius 2 is 1.71 bits per heavy atom. The van der Waals surface area contributed by atoms with Crippen LogP contribution >= 0.6 is 11.8 Å². The Morgan fingerprint density at radius 1 is 1.09 bits per heavy atom. The van der Waals surface area contributed by atoms with Crippen LogP contribution in [0.5, 0.6) is 11.5 Å². The van der Waals surface area contributed by atoms with E-state index in [-0.39, 0.29) is 18.3 Å². The van der Waals surface area contributed by atoms with Crippen molar-refractivity contribution in [2.75, 3.05) is 11.5 Å². The number of nitrogens with zero attached hydrogens (tertiary/aromatic N) is 3. The van der Waals surface area contributed by atoms with E-state index in [4.69, 9.17) is 9.73 Å². The maximum Gasteiger partial charge on any atom is 0.315 e. The van der Waals surface area contributed by atoms with Crippen molar-refractivity contribution in [2.24, 2.45) is 4.99 Å². The van der Waals surface area contributed by atoms with Crippen molar-refractivity contribution in [3.8, 4) is 11.5 Å². The first kappa shape index (κ1) is 24.0. The standard InChI is InChI=1S/C26H23N3O5S/c1-4-34-22-14-18(13-21(24(22)30)29(32)33)15-23-25(31)28(20-11-7-17(3)8-12-20)26(35-23)27-19-9-5-16(2)6-10-19/h5-15,30H,4H2,1-3H3/b23-15-,27-26?. The van der Waals surface area contributed by atoms with E-state index >= 15 is 0 Å². The molecular weight excluding hydrogens is 466 g/mol. The third kappa shape index (κ3) is 5.20. The van der Waals surface area contributed by atoms with E-state index in [0.717, 1.165) is 11.1 Å². The monoisotopic (exact) mass is 489 g/mol. The molecule has 0 unspecified atom stereocenters. The highest BCUT2D eigenvalue weighted by atomic mass is 32.2. The lowest BCUT2D eigenvalue weighted by atomic mass is 10.1. The lowest BCUT2D eigenvalue weighted by molar-refractivity contribution is -0.386. The Bertz CT molecular complexity index is 1350. The van der Waals surface area contributed by atoms with Gasteiger partial charge in [0.15, 0.2) is 10.9 Å². The number of aromatic hydroxyl groups is 1. The van der Waals surface area contributed by atoms with Crippen LogP contribution in [0.1, 0.15) is 23.6 Å². The second kappa shape index (κ2) is 10.0. The molecule has 0 aliphatic carbocycles. The molecule has 1 aliphatic rings. The maximum absolute atomic E-state index is 13.5. The number of hydrogen-bond acceptors (Lipinski definition) is 7. The fraction of sp³-hybridized carbons (Fsp3) is 0.154. The van der Waals surface area contributed by atoms with E-state index in [9.17, 15) is 20.0 Å². The predicted octanol–water partition coefficient (Wildman–Crippen LogP) is 6.12. The number of aryl methyl sites for hydroxylation is 2. The zero-order valence-electron chi connectivity index (χ0n) is 19.4. The number of nitro groups is 1. The summed E-state index contributed by atoms with van der Waals surface area (Å²) in [7, 11) is 0. The molecule has 8 nitrogen and oxygen atoms in total. The quantitative estimate of drug-likeness (QED) is 0.254. The number of carbonyl (C=O) groups excluding carboxylic acids is 1. The summed E-state index contributed by atoms with van der Waals surface area (Å²) in [6, 6.07) is 17.8. The Morgan fingerprint density at radius 3 is 2.31 bits per heavy atom. The number of phenolic OH excluding ortho intramolecular Hbond substituents is 1. The number of amides is 1. The Balaban J connectivity index is 1.80. The average Bonchev–Trinajstić information content (AvgIpc) is 3.12. The van der Waals surface area contributed by atoms with Crippen molar-refractivity contribution < 1.29 is 19.6 Å². The molecule has 0 atom stereocenters. The molecule has 1 heterocycles. The fourth-order valence-corrected chi connectivity index (χ4v) is 4.45. The SMILES string of the molecule is CCOc1cc(/C=C2\SC(=Nc3ccc(C)cc3)N(c3ccc(C)cc3)C2=O)cc([N+](=O)[O-])c1O. The van der Waals surface area contributed by atoms with Crippen LogP contribution < -0.4 is 9.64 Å². The van der Waals surface area contributed by atoms with Gasteiger partial charge in [0.25, 0.3) is 5.91 Å². The van der Waals surface area contributed by atoms with Crippen LogP contribution in [0.4, 0.5) is 17.1 Å². The molecule has 1 fully saturated rings. The molecule has 0 radical (unpaired) electrons. The lowest BCUT2D eigenvalue weighted by Gasteiger charge is -2.16. The summed E-state index contributed by atoms with van der Waals surface area (Å²) >= 11 is 1.17. The highest BCUT2D eigenvalue weighted by Gasteiger charge is 2.35.